The lowest BCUT2D eigenvalue weighted by Crippen LogP contribution is -2.58. The Morgan fingerprint density at radius 2 is 1.62 bits per heavy atom. The van der Waals surface area contributed by atoms with E-state index in [0.717, 1.165) is 32.2 Å². The molecular weight excluding hydrogens is 520 g/mol. The van der Waals surface area contributed by atoms with Crippen LogP contribution in [0.1, 0.15) is 45.1 Å². The third-order valence-corrected chi connectivity index (χ3v) is 7.46. The first-order valence-electron chi connectivity index (χ1n) is 13.3. The van der Waals surface area contributed by atoms with Crippen LogP contribution in [0, 0.1) is 0 Å². The molecule has 12 heteroatoms. The Morgan fingerprint density at radius 3 is 2.18 bits per heavy atom. The van der Waals surface area contributed by atoms with Gasteiger partial charge in [-0.3, -0.25) is 19.6 Å². The number of piperazine rings is 1. The highest BCUT2D eigenvalue weighted by Gasteiger charge is 2.31. The van der Waals surface area contributed by atoms with E-state index in [-0.39, 0.29) is 30.2 Å². The second-order valence-electron chi connectivity index (χ2n) is 11.0. The summed E-state index contributed by atoms with van der Waals surface area (Å²) in [5.74, 6) is 0.0422. The molecule has 0 atom stereocenters. The molecule has 1 aliphatic carbocycles. The van der Waals surface area contributed by atoms with Gasteiger partial charge in [0.05, 0.1) is 11.2 Å². The molecule has 1 aromatic carbocycles. The molecule has 1 aliphatic heterocycles. The largest absolute Gasteiger partial charge is 0.354 e. The number of amides is 3. The summed E-state index contributed by atoms with van der Waals surface area (Å²) in [4.78, 5) is 47.4. The minimum atomic E-state index is -0.945. The molecule has 2 heterocycles. The first-order valence-corrected chi connectivity index (χ1v) is 13.3. The van der Waals surface area contributed by atoms with Crippen LogP contribution in [0.4, 0.5) is 10.6 Å². The quantitative estimate of drug-likeness (QED) is 0.488. The van der Waals surface area contributed by atoms with Gasteiger partial charge < -0.3 is 21.3 Å². The summed E-state index contributed by atoms with van der Waals surface area (Å²) in [5, 5.41) is 2.69. The molecular formula is C27H41ClN8O3. The number of nitrogens with zero attached hydrogens (tertiary/aromatic N) is 5. The lowest BCUT2D eigenvalue weighted by atomic mass is 9.91. The molecule has 5 N–H and O–H groups in total. The van der Waals surface area contributed by atoms with Crippen molar-refractivity contribution >= 4 is 30.2 Å². The molecule has 0 unspecified atom stereocenters. The zero-order valence-electron chi connectivity index (χ0n) is 23.0. The topological polar surface area (TPSA) is 143 Å². The maximum absolute atomic E-state index is 12.7. The van der Waals surface area contributed by atoms with E-state index in [0.29, 0.717) is 44.0 Å². The van der Waals surface area contributed by atoms with Crippen LogP contribution in [0.5, 0.6) is 0 Å². The van der Waals surface area contributed by atoms with Crippen LogP contribution in [0.15, 0.2) is 41.3 Å². The number of urea groups is 1. The summed E-state index contributed by atoms with van der Waals surface area (Å²) in [6, 6.07) is 10.00. The highest BCUT2D eigenvalue weighted by Crippen LogP contribution is 2.23. The van der Waals surface area contributed by atoms with E-state index >= 15 is 0 Å². The molecule has 11 nitrogen and oxygen atoms in total. The summed E-state index contributed by atoms with van der Waals surface area (Å²) >= 11 is 0. The maximum atomic E-state index is 12.7. The molecule has 0 radical (unpaired) electrons. The van der Waals surface area contributed by atoms with E-state index < -0.39 is 11.2 Å². The average molecular weight is 561 g/mol. The lowest BCUT2D eigenvalue weighted by molar-refractivity contribution is -0.137. The molecule has 1 aromatic heterocycles. The van der Waals surface area contributed by atoms with E-state index in [1.807, 2.05) is 24.3 Å². The van der Waals surface area contributed by atoms with Crippen molar-refractivity contribution in [2.45, 2.75) is 63.7 Å². The van der Waals surface area contributed by atoms with Gasteiger partial charge in [-0.1, -0.05) is 12.1 Å². The highest BCUT2D eigenvalue weighted by molar-refractivity contribution is 5.89. The molecule has 214 valence electrons. The van der Waals surface area contributed by atoms with Gasteiger partial charge in [0.15, 0.2) is 0 Å². The van der Waals surface area contributed by atoms with Crippen molar-refractivity contribution in [3.05, 3.63) is 52.6 Å². The Bertz CT molecular complexity index is 1180. The zero-order valence-corrected chi connectivity index (χ0v) is 23.8. The van der Waals surface area contributed by atoms with E-state index in [9.17, 15) is 14.4 Å². The number of carbonyl (C=O) groups is 2. The normalized spacial score (nSPS) is 19.9. The predicted molar refractivity (Wildman–Crippen MR) is 154 cm³/mol. The SMILES string of the molecule is CN(Cc1ccc(-n2ccc(NC(=O)N3CCN(C(=O)C(C)(C)N)CC3)nc2=O)cc1)[C@H]1CC[C@@H](N)CC1.Cl. The van der Waals surface area contributed by atoms with Crippen LogP contribution >= 0.6 is 12.4 Å². The molecule has 2 fully saturated rings. The smallest absolute Gasteiger partial charge is 0.338 e. The molecule has 1 saturated heterocycles. The Balaban J connectivity index is 0.00000420. The van der Waals surface area contributed by atoms with Crippen molar-refractivity contribution in [2.75, 3.05) is 38.5 Å². The predicted octanol–water partition coefficient (Wildman–Crippen LogP) is 1.77. The van der Waals surface area contributed by atoms with Gasteiger partial charge in [-0.05, 0) is 70.3 Å². The number of anilines is 1. The minimum Gasteiger partial charge on any atom is -0.338 e. The van der Waals surface area contributed by atoms with Gasteiger partial charge in [0.1, 0.15) is 5.82 Å². The van der Waals surface area contributed by atoms with E-state index in [1.165, 1.54) is 10.1 Å². The molecule has 0 spiro atoms. The minimum absolute atomic E-state index is 0. The number of nitrogens with two attached hydrogens (primary N) is 2. The molecule has 0 bridgehead atoms. The number of halogens is 1. The average Bonchev–Trinajstić information content (AvgIpc) is 2.89. The molecule has 3 amide bonds. The van der Waals surface area contributed by atoms with Crippen molar-refractivity contribution in [2.24, 2.45) is 11.5 Å². The number of aromatic nitrogens is 2. The van der Waals surface area contributed by atoms with Gasteiger partial charge >= 0.3 is 11.7 Å². The zero-order chi connectivity index (χ0) is 27.4. The Morgan fingerprint density at radius 1 is 1.03 bits per heavy atom. The Labute approximate surface area is 235 Å². The standard InChI is InChI=1S/C27H40N8O3.ClH/c1-27(2,29)24(36)33-14-16-34(17-15-33)25(37)30-23-12-13-35(26(38)31-23)22-8-4-19(5-9-22)18-32(3)21-10-6-20(28)7-11-21;/h4-5,8-9,12-13,20-21H,6-7,10-11,14-18,28-29H2,1-3H3,(H,30,31,37,38);1H/t20-,21+;. The second kappa shape index (κ2) is 12.9. The van der Waals surface area contributed by atoms with Crippen LogP contribution in [0.2, 0.25) is 0 Å². The van der Waals surface area contributed by atoms with Gasteiger partial charge in [0, 0.05) is 51.0 Å². The highest BCUT2D eigenvalue weighted by atomic mass is 35.5. The van der Waals surface area contributed by atoms with Crippen molar-refractivity contribution < 1.29 is 9.59 Å². The number of carbonyl (C=O) groups excluding carboxylic acids is 2. The first kappa shape index (κ1) is 30.6. The third kappa shape index (κ3) is 7.78. The van der Waals surface area contributed by atoms with E-state index in [1.54, 1.807) is 35.9 Å². The third-order valence-electron chi connectivity index (χ3n) is 7.46. The van der Waals surface area contributed by atoms with Gasteiger partial charge in [-0.25, -0.2) is 9.59 Å². The van der Waals surface area contributed by atoms with Crippen LogP contribution in [0.25, 0.3) is 5.69 Å². The fourth-order valence-electron chi connectivity index (χ4n) is 5.10. The van der Waals surface area contributed by atoms with Crippen LogP contribution in [-0.4, -0.2) is 87.0 Å². The van der Waals surface area contributed by atoms with Gasteiger partial charge in [-0.2, -0.15) is 4.98 Å². The lowest BCUT2D eigenvalue weighted by Gasteiger charge is -2.37. The molecule has 2 aliphatic rings. The van der Waals surface area contributed by atoms with Crippen molar-refractivity contribution in [3.8, 4) is 5.69 Å². The summed E-state index contributed by atoms with van der Waals surface area (Å²) < 4.78 is 1.45. The van der Waals surface area contributed by atoms with Crippen LogP contribution in [-0.2, 0) is 11.3 Å². The van der Waals surface area contributed by atoms with Crippen molar-refractivity contribution in [1.82, 2.24) is 24.3 Å². The molecule has 4 rings (SSSR count). The summed E-state index contributed by atoms with van der Waals surface area (Å²) in [5.41, 5.74) is 12.4. The van der Waals surface area contributed by atoms with Crippen LogP contribution in [0.3, 0.4) is 0 Å². The number of benzene rings is 1. The number of rotatable bonds is 6. The molecule has 1 saturated carbocycles. The number of nitrogens with one attached hydrogen (secondary N) is 1. The fraction of sp³-hybridized carbons (Fsp3) is 0.556. The van der Waals surface area contributed by atoms with Gasteiger partial charge in [-0.15, -0.1) is 12.4 Å². The molecule has 2 aromatic rings. The maximum Gasteiger partial charge on any atom is 0.354 e. The Kier molecular flexibility index (Phi) is 10.1. The van der Waals surface area contributed by atoms with Gasteiger partial charge in [0.25, 0.3) is 0 Å². The summed E-state index contributed by atoms with van der Waals surface area (Å²) in [6.07, 6.45) is 6.01. The van der Waals surface area contributed by atoms with Gasteiger partial charge in [0.2, 0.25) is 5.91 Å². The first-order chi connectivity index (χ1) is 18.0. The second-order valence-corrected chi connectivity index (χ2v) is 11.0. The van der Waals surface area contributed by atoms with Crippen molar-refractivity contribution in [1.29, 1.82) is 0 Å². The van der Waals surface area contributed by atoms with E-state index in [2.05, 4.69) is 22.2 Å². The summed E-state index contributed by atoms with van der Waals surface area (Å²) in [7, 11) is 2.15. The van der Waals surface area contributed by atoms with Crippen LogP contribution < -0.4 is 22.5 Å². The molecule has 39 heavy (non-hydrogen) atoms. The van der Waals surface area contributed by atoms with Crippen molar-refractivity contribution in [3.63, 3.8) is 0 Å². The number of hydrogen-bond donors (Lipinski definition) is 3. The Hall–Kier alpha value is -2.99. The van der Waals surface area contributed by atoms with E-state index in [4.69, 9.17) is 11.5 Å². The summed E-state index contributed by atoms with van der Waals surface area (Å²) in [6.45, 7) is 5.74. The fourth-order valence-corrected chi connectivity index (χ4v) is 5.10. The number of hydrogen-bond acceptors (Lipinski definition) is 7. The monoisotopic (exact) mass is 560 g/mol.